The Hall–Kier alpha value is -3.92. The van der Waals surface area contributed by atoms with Crippen LogP contribution in [0.3, 0.4) is 0 Å². The number of H-pyrrole nitrogens is 1. The van der Waals surface area contributed by atoms with Gasteiger partial charge in [-0.25, -0.2) is 14.2 Å². The minimum Gasteiger partial charge on any atom is -0.870 e. The second-order valence-electron chi connectivity index (χ2n) is 8.28. The van der Waals surface area contributed by atoms with E-state index in [0.717, 1.165) is 11.8 Å². The number of pyridine rings is 2. The van der Waals surface area contributed by atoms with E-state index >= 15 is 0 Å². The van der Waals surface area contributed by atoms with Gasteiger partial charge in [0.1, 0.15) is 22.0 Å². The van der Waals surface area contributed by atoms with E-state index in [2.05, 4.69) is 15.3 Å². The van der Waals surface area contributed by atoms with Crippen molar-refractivity contribution in [3.05, 3.63) is 111 Å². The van der Waals surface area contributed by atoms with Crippen LogP contribution in [0.15, 0.2) is 73.3 Å². The number of anilines is 1. The van der Waals surface area contributed by atoms with E-state index in [1.807, 2.05) is 0 Å². The smallest absolute Gasteiger partial charge is 0.338 e. The number of rotatable bonds is 10. The van der Waals surface area contributed by atoms with Crippen LogP contribution in [-0.2, 0) is 17.7 Å². The number of carbonyl (C=O) groups excluding carboxylic acids is 1. The van der Waals surface area contributed by atoms with Crippen LogP contribution in [0.1, 0.15) is 33.2 Å². The number of halogens is 3. The Kier molecular flexibility index (Phi) is 10.4. The van der Waals surface area contributed by atoms with E-state index in [9.17, 15) is 9.18 Å². The van der Waals surface area contributed by atoms with Crippen molar-refractivity contribution < 1.29 is 33.9 Å². The fraction of sp³-hybridized carbons (Fsp3) is 0.179. The topological polar surface area (TPSA) is 114 Å². The highest BCUT2D eigenvalue weighted by Gasteiger charge is 2.24. The zero-order chi connectivity index (χ0) is 27.1. The van der Waals surface area contributed by atoms with Crippen molar-refractivity contribution in [1.29, 1.82) is 0 Å². The Bertz CT molecular complexity index is 1400. The molecule has 39 heavy (non-hydrogen) atoms. The van der Waals surface area contributed by atoms with Crippen molar-refractivity contribution in [3.8, 4) is 11.5 Å². The Balaban J connectivity index is 0.00000420. The number of methoxy groups -OCH3 is 2. The summed E-state index contributed by atoms with van der Waals surface area (Å²) in [6.07, 6.45) is 5.41. The predicted octanol–water partition coefficient (Wildman–Crippen LogP) is 5.93. The van der Waals surface area contributed by atoms with Gasteiger partial charge in [-0.15, -0.1) is 0 Å². The molecule has 0 unspecified atom stereocenters. The number of aromatic amines is 1. The highest BCUT2D eigenvalue weighted by atomic mass is 35.5. The van der Waals surface area contributed by atoms with E-state index in [1.54, 1.807) is 62.0 Å². The van der Waals surface area contributed by atoms with Crippen LogP contribution in [0.2, 0.25) is 10.0 Å². The van der Waals surface area contributed by atoms with Crippen LogP contribution in [0.25, 0.3) is 0 Å². The van der Waals surface area contributed by atoms with Crippen LogP contribution in [0.5, 0.6) is 11.5 Å². The molecule has 2 aromatic carbocycles. The third-order valence-electron chi connectivity index (χ3n) is 5.81. The average Bonchev–Trinajstić information content (AvgIpc) is 2.93. The van der Waals surface area contributed by atoms with Crippen molar-refractivity contribution in [3.63, 3.8) is 0 Å². The Morgan fingerprint density at radius 2 is 1.69 bits per heavy atom. The van der Waals surface area contributed by atoms with Crippen LogP contribution in [0, 0.1) is 5.82 Å². The molecule has 0 aliphatic heterocycles. The molecule has 2 aromatic heterocycles. The summed E-state index contributed by atoms with van der Waals surface area (Å²) in [6.45, 7) is 0.427. The molecule has 0 fully saturated rings. The second-order valence-corrected chi connectivity index (χ2v) is 9.10. The monoisotopic (exact) mass is 573 g/mol. The summed E-state index contributed by atoms with van der Waals surface area (Å²) in [4.78, 5) is 19.9. The maximum Gasteiger partial charge on any atom is 0.338 e. The fourth-order valence-electron chi connectivity index (χ4n) is 3.81. The zero-order valence-corrected chi connectivity index (χ0v) is 22.6. The molecular weight excluding hydrogens is 548 g/mol. The summed E-state index contributed by atoms with van der Waals surface area (Å²) >= 11 is 12.8. The lowest BCUT2D eigenvalue weighted by molar-refractivity contribution is -0.377. The Morgan fingerprint density at radius 3 is 2.33 bits per heavy atom. The average molecular weight is 574 g/mol. The molecule has 4 aromatic rings. The number of nitrogens with one attached hydrogen (secondary N) is 2. The summed E-state index contributed by atoms with van der Waals surface area (Å²) < 4.78 is 30.1. The second kappa shape index (κ2) is 13.7. The number of hydrogen-bond acceptors (Lipinski definition) is 7. The number of nitrogens with zero attached hydrogens (tertiary/aromatic N) is 1. The molecule has 0 saturated heterocycles. The van der Waals surface area contributed by atoms with Crippen molar-refractivity contribution in [1.82, 2.24) is 4.98 Å². The summed E-state index contributed by atoms with van der Waals surface area (Å²) in [5.74, 6) is 0.0987. The van der Waals surface area contributed by atoms with Gasteiger partial charge in [0.2, 0.25) is 0 Å². The van der Waals surface area contributed by atoms with Gasteiger partial charge in [-0.2, -0.15) is 0 Å². The van der Waals surface area contributed by atoms with Crippen molar-refractivity contribution >= 4 is 34.9 Å². The molecule has 0 spiro atoms. The maximum atomic E-state index is 13.3. The normalized spacial score (nSPS) is 11.2. The van der Waals surface area contributed by atoms with Crippen molar-refractivity contribution in [2.75, 3.05) is 19.5 Å². The van der Waals surface area contributed by atoms with Gasteiger partial charge in [-0.3, -0.25) is 4.98 Å². The summed E-state index contributed by atoms with van der Waals surface area (Å²) in [5.41, 5.74) is 3.13. The lowest BCUT2D eigenvalue weighted by atomic mass is 10.0. The molecule has 2 heterocycles. The third kappa shape index (κ3) is 7.57. The summed E-state index contributed by atoms with van der Waals surface area (Å²) in [6, 6.07) is 13.6. The molecule has 0 radical (unpaired) electrons. The first-order chi connectivity index (χ1) is 18.4. The van der Waals surface area contributed by atoms with Crippen LogP contribution in [0.4, 0.5) is 10.1 Å². The van der Waals surface area contributed by atoms with Crippen LogP contribution in [-0.4, -0.2) is 30.6 Å². The van der Waals surface area contributed by atoms with E-state index < -0.39 is 17.9 Å². The molecular formula is C28H26Cl2FN3O5. The highest BCUT2D eigenvalue weighted by Crippen LogP contribution is 2.35. The van der Waals surface area contributed by atoms with Crippen molar-refractivity contribution in [2.45, 2.75) is 19.1 Å². The highest BCUT2D eigenvalue weighted by molar-refractivity contribution is 6.35. The molecule has 3 N–H and O–H groups in total. The number of carbonyl (C=O) groups is 1. The lowest BCUT2D eigenvalue weighted by Crippen LogP contribution is -2.16. The lowest BCUT2D eigenvalue weighted by Gasteiger charge is -2.20. The van der Waals surface area contributed by atoms with Gasteiger partial charge < -0.3 is 25.0 Å². The first-order valence-electron chi connectivity index (χ1n) is 11.6. The van der Waals surface area contributed by atoms with Crippen LogP contribution < -0.4 is 19.8 Å². The third-order valence-corrected chi connectivity index (χ3v) is 6.48. The quantitative estimate of drug-likeness (QED) is 0.234. The summed E-state index contributed by atoms with van der Waals surface area (Å²) in [7, 11) is 3.08. The van der Waals surface area contributed by atoms with E-state index in [-0.39, 0.29) is 11.9 Å². The van der Waals surface area contributed by atoms with Gasteiger partial charge in [0, 0.05) is 24.6 Å². The molecule has 0 bridgehead atoms. The minimum atomic E-state index is -0.721. The molecule has 0 aliphatic carbocycles. The molecule has 0 saturated carbocycles. The van der Waals surface area contributed by atoms with E-state index in [1.165, 1.54) is 19.4 Å². The van der Waals surface area contributed by atoms with Gasteiger partial charge in [0.05, 0.1) is 37.9 Å². The molecule has 11 heteroatoms. The van der Waals surface area contributed by atoms with E-state index in [4.69, 9.17) is 37.4 Å². The maximum absolute atomic E-state index is 13.3. The SMILES string of the molecule is COc1ccc([C@H](Cc2c(Cl)c[nH+]cc2Cl)OC(=O)c2ccc(CNc3cncc(F)c3)cc2)cc1OC.[OH-]. The van der Waals surface area contributed by atoms with Crippen molar-refractivity contribution in [2.24, 2.45) is 0 Å². The Morgan fingerprint density at radius 1 is 1.00 bits per heavy atom. The number of esters is 1. The van der Waals surface area contributed by atoms with Gasteiger partial charge in [0.25, 0.3) is 0 Å². The largest absolute Gasteiger partial charge is 0.870 e. The molecule has 204 valence electrons. The van der Waals surface area contributed by atoms with Gasteiger partial charge >= 0.3 is 5.97 Å². The number of ether oxygens (including phenoxy) is 3. The first kappa shape index (κ1) is 29.6. The predicted molar refractivity (Wildman–Crippen MR) is 144 cm³/mol. The van der Waals surface area contributed by atoms with Gasteiger partial charge in [-0.05, 0) is 35.4 Å². The fourth-order valence-corrected chi connectivity index (χ4v) is 4.34. The summed E-state index contributed by atoms with van der Waals surface area (Å²) in [5, 5.41) is 3.94. The molecule has 4 rings (SSSR count). The van der Waals surface area contributed by atoms with Gasteiger partial charge in [0.15, 0.2) is 23.9 Å². The number of benzene rings is 2. The number of aromatic nitrogens is 2. The minimum absolute atomic E-state index is 0. The Labute approximate surface area is 235 Å². The standard InChI is InChI=1S/C28H24Cl2FN3O4.H2O/c1-36-25-8-7-19(9-27(25)37-2)26(11-22-23(29)15-33-16-24(22)30)38-28(35)18-5-3-17(4-6-18)12-34-21-10-20(31)13-32-14-21;/h3-10,13-16,26,34H,11-12H2,1-2H3;1H2/t26-;/m0./s1. The zero-order valence-electron chi connectivity index (χ0n) is 21.1. The molecule has 1 atom stereocenters. The van der Waals surface area contributed by atoms with E-state index in [0.29, 0.717) is 50.5 Å². The van der Waals surface area contributed by atoms with Gasteiger partial charge in [-0.1, -0.05) is 41.4 Å². The number of hydrogen-bond donors (Lipinski definition) is 1. The van der Waals surface area contributed by atoms with Crippen LogP contribution >= 0.6 is 23.2 Å². The first-order valence-corrected chi connectivity index (χ1v) is 12.3. The molecule has 8 nitrogen and oxygen atoms in total. The molecule has 0 aliphatic rings. The molecule has 0 amide bonds.